The van der Waals surface area contributed by atoms with Gasteiger partial charge in [-0.05, 0) is 27.7 Å². The summed E-state index contributed by atoms with van der Waals surface area (Å²) in [6, 6.07) is 17.1. The quantitative estimate of drug-likeness (QED) is 0.130. The zero-order valence-corrected chi connectivity index (χ0v) is 24.3. The van der Waals surface area contributed by atoms with Crippen molar-refractivity contribution in [2.45, 2.75) is 52.4 Å². The van der Waals surface area contributed by atoms with E-state index < -0.39 is 38.0 Å². The third-order valence-electron chi connectivity index (χ3n) is 6.39. The van der Waals surface area contributed by atoms with E-state index in [2.05, 4.69) is 20.1 Å². The smallest absolute Gasteiger partial charge is 0.367 e. The summed E-state index contributed by atoms with van der Waals surface area (Å²) >= 11 is 0. The van der Waals surface area contributed by atoms with Crippen LogP contribution in [0.4, 0.5) is 5.82 Å². The summed E-state index contributed by atoms with van der Waals surface area (Å²) in [5, 5.41) is 14.2. The number of nitrogens with two attached hydrogens (primary N) is 1. The molecule has 0 saturated heterocycles. The highest BCUT2D eigenvalue weighted by atomic mass is 31.2. The second-order valence-corrected chi connectivity index (χ2v) is 12.0. The molecule has 0 spiro atoms. The molecule has 0 aliphatic rings. The van der Waals surface area contributed by atoms with Crippen molar-refractivity contribution in [2.24, 2.45) is 5.16 Å². The summed E-state index contributed by atoms with van der Waals surface area (Å²) in [6.07, 6.45) is 2.04. The number of nitrogen functional groups attached to an aromatic ring is 1. The molecule has 12 nitrogen and oxygen atoms in total. The molecule has 3 N–H and O–H groups in total. The molecule has 41 heavy (non-hydrogen) atoms. The number of imidazole rings is 1. The Labute approximate surface area is 238 Å². The van der Waals surface area contributed by atoms with Crippen molar-refractivity contribution in [1.29, 1.82) is 0 Å². The second-order valence-electron chi connectivity index (χ2n) is 9.81. The largest absolute Gasteiger partial charge is 0.480 e. The molecule has 13 heteroatoms. The van der Waals surface area contributed by atoms with Crippen LogP contribution in [-0.2, 0) is 25.3 Å². The van der Waals surface area contributed by atoms with Crippen LogP contribution < -0.4 is 5.73 Å². The highest BCUT2D eigenvalue weighted by Crippen LogP contribution is 2.54. The SMILES string of the molecule is CC(Cn1cnc2c(N)ncnc21)OCP(=O)(ON=C(c1ccccc1)c1ccccc1)N(C(C)C)C(C)C(=O)O. The molecular weight excluding hydrogens is 545 g/mol. The van der Waals surface area contributed by atoms with Crippen LogP contribution >= 0.6 is 7.52 Å². The fourth-order valence-electron chi connectivity index (χ4n) is 4.46. The lowest BCUT2D eigenvalue weighted by Crippen LogP contribution is -2.42. The lowest BCUT2D eigenvalue weighted by atomic mass is 10.0. The first-order valence-electron chi connectivity index (χ1n) is 13.1. The molecule has 0 aliphatic heterocycles. The number of carboxylic acid groups (broad SMARTS) is 1. The minimum Gasteiger partial charge on any atom is -0.480 e. The van der Waals surface area contributed by atoms with Crippen LogP contribution in [0.3, 0.4) is 0 Å². The zero-order valence-electron chi connectivity index (χ0n) is 23.4. The number of ether oxygens (including phenoxy) is 1. The fraction of sp³-hybridized carbons (Fsp3) is 0.321. The number of aromatic nitrogens is 4. The minimum absolute atomic E-state index is 0.265. The van der Waals surface area contributed by atoms with Crippen LogP contribution in [0.1, 0.15) is 38.8 Å². The summed E-state index contributed by atoms with van der Waals surface area (Å²) in [4.78, 5) is 24.5. The Hall–Kier alpha value is -4.12. The lowest BCUT2D eigenvalue weighted by molar-refractivity contribution is -0.141. The number of aliphatic carboxylic acids is 1. The summed E-state index contributed by atoms with van der Waals surface area (Å²) in [5.41, 5.74) is 8.85. The van der Waals surface area contributed by atoms with E-state index >= 15 is 0 Å². The summed E-state index contributed by atoms with van der Waals surface area (Å²) in [5.74, 6) is -0.881. The van der Waals surface area contributed by atoms with Gasteiger partial charge in [-0.3, -0.25) is 9.36 Å². The van der Waals surface area contributed by atoms with Gasteiger partial charge in [0.2, 0.25) is 0 Å². The Bertz CT molecular complexity index is 1500. The van der Waals surface area contributed by atoms with E-state index in [4.69, 9.17) is 15.1 Å². The van der Waals surface area contributed by atoms with Crippen molar-refractivity contribution < 1.29 is 23.8 Å². The van der Waals surface area contributed by atoms with E-state index in [9.17, 15) is 14.5 Å². The maximum atomic E-state index is 14.6. The number of hydrogen-bond donors (Lipinski definition) is 2. The highest BCUT2D eigenvalue weighted by Gasteiger charge is 2.42. The van der Waals surface area contributed by atoms with Crippen molar-refractivity contribution in [1.82, 2.24) is 24.2 Å². The van der Waals surface area contributed by atoms with E-state index in [1.54, 1.807) is 31.7 Å². The van der Waals surface area contributed by atoms with Crippen molar-refractivity contribution in [3.8, 4) is 0 Å². The Morgan fingerprint density at radius 1 is 1.02 bits per heavy atom. The van der Waals surface area contributed by atoms with Gasteiger partial charge in [0.25, 0.3) is 0 Å². The van der Waals surface area contributed by atoms with Crippen LogP contribution in [0.5, 0.6) is 0 Å². The fourth-order valence-corrected chi connectivity index (χ4v) is 6.71. The van der Waals surface area contributed by atoms with E-state index in [1.165, 1.54) is 17.9 Å². The number of carbonyl (C=O) groups is 1. The van der Waals surface area contributed by atoms with Gasteiger partial charge in [-0.1, -0.05) is 65.8 Å². The number of fused-ring (bicyclic) bond motifs is 1. The number of benzene rings is 2. The molecule has 0 saturated carbocycles. The molecule has 4 aromatic rings. The molecule has 3 unspecified atom stereocenters. The summed E-state index contributed by atoms with van der Waals surface area (Å²) in [6.45, 7) is 7.07. The number of carboxylic acids is 1. The van der Waals surface area contributed by atoms with Crippen LogP contribution in [-0.4, -0.2) is 65.5 Å². The van der Waals surface area contributed by atoms with E-state index in [0.717, 1.165) is 11.1 Å². The number of oxime groups is 1. The molecule has 0 radical (unpaired) electrons. The average Bonchev–Trinajstić information content (AvgIpc) is 3.37. The zero-order chi connectivity index (χ0) is 29.6. The molecule has 2 heterocycles. The molecule has 0 aliphatic carbocycles. The monoisotopic (exact) mass is 579 g/mol. The van der Waals surface area contributed by atoms with Crippen molar-refractivity contribution in [3.63, 3.8) is 0 Å². The third-order valence-corrected chi connectivity index (χ3v) is 8.72. The maximum absolute atomic E-state index is 14.6. The molecule has 0 fully saturated rings. The van der Waals surface area contributed by atoms with Crippen molar-refractivity contribution in [3.05, 3.63) is 84.4 Å². The normalized spacial score (nSPS) is 14.5. The van der Waals surface area contributed by atoms with Gasteiger partial charge in [0.15, 0.2) is 11.5 Å². The topological polar surface area (TPSA) is 158 Å². The van der Waals surface area contributed by atoms with Crippen LogP contribution in [0, 0.1) is 0 Å². The molecule has 3 atom stereocenters. The number of nitrogens with zero attached hydrogens (tertiary/aromatic N) is 6. The van der Waals surface area contributed by atoms with Gasteiger partial charge in [-0.15, -0.1) is 0 Å². The molecular formula is C28H34N7O5P. The predicted octanol–water partition coefficient (Wildman–Crippen LogP) is 4.62. The first kappa shape index (κ1) is 29.9. The van der Waals surface area contributed by atoms with E-state index in [0.29, 0.717) is 23.4 Å². The molecule has 2 aromatic heterocycles. The Morgan fingerprint density at radius 3 is 2.20 bits per heavy atom. The molecule has 0 bridgehead atoms. The van der Waals surface area contributed by atoms with Gasteiger partial charge < -0.3 is 24.8 Å². The number of rotatable bonds is 13. The van der Waals surface area contributed by atoms with Gasteiger partial charge in [0.05, 0.1) is 19.0 Å². The van der Waals surface area contributed by atoms with Crippen LogP contribution in [0.2, 0.25) is 0 Å². The standard InChI is InChI=1S/C28H34N7O5P/c1-19(2)35(21(4)28(36)37)41(38,18-39-20(3)15-34-17-32-25-26(29)30-16-31-27(25)34)40-33-24(22-11-7-5-8-12-22)23-13-9-6-10-14-23/h5-14,16-17,19-21H,15,18H2,1-4H3,(H,36,37)(H2,29,30,31). The van der Waals surface area contributed by atoms with Gasteiger partial charge in [-0.25, -0.2) is 19.6 Å². The summed E-state index contributed by atoms with van der Waals surface area (Å²) in [7, 11) is -4.02. The van der Waals surface area contributed by atoms with Gasteiger partial charge in [-0.2, -0.15) is 0 Å². The van der Waals surface area contributed by atoms with Crippen molar-refractivity contribution >= 4 is 36.2 Å². The highest BCUT2D eigenvalue weighted by molar-refractivity contribution is 7.56. The molecule has 2 aromatic carbocycles. The average molecular weight is 580 g/mol. The molecule has 4 rings (SSSR count). The second kappa shape index (κ2) is 13.0. The Morgan fingerprint density at radius 2 is 1.63 bits per heavy atom. The first-order valence-corrected chi connectivity index (χ1v) is 14.9. The van der Waals surface area contributed by atoms with E-state index in [-0.39, 0.29) is 5.82 Å². The number of anilines is 1. The maximum Gasteiger partial charge on any atom is 0.367 e. The summed E-state index contributed by atoms with van der Waals surface area (Å²) < 4.78 is 29.6. The van der Waals surface area contributed by atoms with E-state index in [1.807, 2.05) is 60.7 Å². The minimum atomic E-state index is -4.02. The lowest BCUT2D eigenvalue weighted by Gasteiger charge is -2.35. The Kier molecular flexibility index (Phi) is 9.49. The van der Waals surface area contributed by atoms with Gasteiger partial charge in [0, 0.05) is 17.2 Å². The van der Waals surface area contributed by atoms with Crippen LogP contribution in [0.15, 0.2) is 78.5 Å². The van der Waals surface area contributed by atoms with Gasteiger partial charge in [0.1, 0.15) is 29.9 Å². The predicted molar refractivity (Wildman–Crippen MR) is 156 cm³/mol. The van der Waals surface area contributed by atoms with Crippen LogP contribution in [0.25, 0.3) is 11.2 Å². The third kappa shape index (κ3) is 6.97. The Balaban J connectivity index is 1.65. The van der Waals surface area contributed by atoms with Gasteiger partial charge >= 0.3 is 13.5 Å². The molecule has 0 amide bonds. The number of hydrogen-bond acceptors (Lipinski definition) is 9. The molecule has 216 valence electrons. The van der Waals surface area contributed by atoms with Crippen molar-refractivity contribution in [2.75, 3.05) is 12.1 Å². The first-order chi connectivity index (χ1) is 19.6.